The van der Waals surface area contributed by atoms with Crippen LogP contribution in [0, 0.1) is 0 Å². The molecule has 12 heteroatoms. The van der Waals surface area contributed by atoms with Crippen molar-refractivity contribution >= 4 is 0 Å². The van der Waals surface area contributed by atoms with Crippen LogP contribution in [0.2, 0.25) is 0 Å². The van der Waals surface area contributed by atoms with Gasteiger partial charge in [-0.2, -0.15) is 0 Å². The fourth-order valence-electron chi connectivity index (χ4n) is 6.87. The van der Waals surface area contributed by atoms with E-state index in [1.165, 1.54) is 48.5 Å². The minimum absolute atomic E-state index is 0.000276. The third-order valence-corrected chi connectivity index (χ3v) is 9.05. The van der Waals surface area contributed by atoms with Crippen LogP contribution >= 0.6 is 0 Å². The molecule has 0 saturated carbocycles. The molecule has 0 amide bonds. The predicted molar refractivity (Wildman–Crippen MR) is 159 cm³/mol. The van der Waals surface area contributed by atoms with Gasteiger partial charge in [0.1, 0.15) is 65.0 Å². The fourth-order valence-corrected chi connectivity index (χ4v) is 6.87. The molecular weight excluding hydrogens is 600 g/mol. The average molecular weight is 633 g/mol. The molecule has 4 aromatic carbocycles. The highest BCUT2D eigenvalue weighted by Gasteiger charge is 2.48. The maximum Gasteiger partial charge on any atom is 0.229 e. The number of fused-ring (bicyclic) bond motifs is 2. The number of phenols is 4. The summed E-state index contributed by atoms with van der Waals surface area (Å²) in [5, 5.41) is 95.0. The summed E-state index contributed by atoms with van der Waals surface area (Å²) in [7, 11) is 0. The molecule has 4 unspecified atom stereocenters. The van der Waals surface area contributed by atoms with Gasteiger partial charge in [0.2, 0.25) is 6.29 Å². The van der Waals surface area contributed by atoms with Crippen LogP contribution in [0.25, 0.3) is 0 Å². The third-order valence-electron chi connectivity index (χ3n) is 9.05. The molecule has 46 heavy (non-hydrogen) atoms. The Balaban J connectivity index is 1.42. The summed E-state index contributed by atoms with van der Waals surface area (Å²) in [4.78, 5) is 0. The van der Waals surface area contributed by atoms with Gasteiger partial charge in [0.15, 0.2) is 0 Å². The molecule has 9 atom stereocenters. The van der Waals surface area contributed by atoms with Crippen molar-refractivity contribution in [1.82, 2.24) is 0 Å². The van der Waals surface area contributed by atoms with E-state index in [1.54, 1.807) is 24.3 Å². The lowest BCUT2D eigenvalue weighted by molar-refractivity contribution is -0.277. The van der Waals surface area contributed by atoms with E-state index in [2.05, 4.69) is 0 Å². The second-order valence-corrected chi connectivity index (χ2v) is 11.8. The van der Waals surface area contributed by atoms with E-state index in [0.29, 0.717) is 33.4 Å². The monoisotopic (exact) mass is 632 g/mol. The standard InChI is InChI=1S/C34H32O12/c35-13-24-30(41)31(42)32(43)34(46-24)44-19-11-21-27-23(12-19)45-33(15-3-7-17(37)8-4-15)28(27)20-9-18(38)10-22(39)26(20)25(29(21)40)14-1-5-16(36)6-2-14/h1-12,24-25,28-43H,13H2/t24-,25?,28?,29?,30-,31+,32-,33?,34-/m1/s1. The van der Waals surface area contributed by atoms with Gasteiger partial charge in [0, 0.05) is 29.2 Å². The number of benzene rings is 4. The Kier molecular flexibility index (Phi) is 7.43. The van der Waals surface area contributed by atoms with E-state index < -0.39 is 61.4 Å². The lowest BCUT2D eigenvalue weighted by atomic mass is 9.80. The van der Waals surface area contributed by atoms with Crippen LogP contribution in [0.1, 0.15) is 57.4 Å². The minimum atomic E-state index is -1.69. The van der Waals surface area contributed by atoms with Gasteiger partial charge in [-0.25, -0.2) is 0 Å². The van der Waals surface area contributed by atoms with E-state index in [4.69, 9.17) is 14.2 Å². The fraction of sp³-hybridized carbons (Fsp3) is 0.294. The van der Waals surface area contributed by atoms with E-state index in [1.807, 2.05) is 0 Å². The molecule has 0 spiro atoms. The normalized spacial score (nSPS) is 29.7. The van der Waals surface area contributed by atoms with Crippen molar-refractivity contribution in [3.05, 3.63) is 106 Å². The van der Waals surface area contributed by atoms with Gasteiger partial charge in [-0.15, -0.1) is 0 Å². The largest absolute Gasteiger partial charge is 0.508 e. The Morgan fingerprint density at radius 2 is 1.28 bits per heavy atom. The third kappa shape index (κ3) is 4.87. The molecule has 0 bridgehead atoms. The molecule has 0 radical (unpaired) electrons. The number of aliphatic hydroxyl groups is 5. The highest BCUT2D eigenvalue weighted by atomic mass is 16.7. The number of hydrogen-bond acceptors (Lipinski definition) is 12. The molecule has 2 aliphatic heterocycles. The Labute approximate surface area is 262 Å². The van der Waals surface area contributed by atoms with Gasteiger partial charge in [-0.05, 0) is 58.7 Å². The van der Waals surface area contributed by atoms with Crippen LogP contribution in [-0.4, -0.2) is 83.3 Å². The van der Waals surface area contributed by atoms with Crippen LogP contribution in [-0.2, 0) is 4.74 Å². The minimum Gasteiger partial charge on any atom is -0.508 e. The Hall–Kier alpha value is -4.56. The Morgan fingerprint density at radius 3 is 1.93 bits per heavy atom. The number of ether oxygens (including phenoxy) is 3. The maximum absolute atomic E-state index is 12.2. The van der Waals surface area contributed by atoms with E-state index in [-0.39, 0.29) is 34.5 Å². The topological polar surface area (TPSA) is 210 Å². The average Bonchev–Trinajstić information content (AvgIpc) is 3.37. The number of hydrogen-bond donors (Lipinski definition) is 9. The highest BCUT2D eigenvalue weighted by molar-refractivity contribution is 5.65. The zero-order chi connectivity index (χ0) is 32.4. The summed E-state index contributed by atoms with van der Waals surface area (Å²) in [6.45, 7) is -0.652. The predicted octanol–water partition coefficient (Wildman–Crippen LogP) is 2.13. The van der Waals surface area contributed by atoms with Crippen LogP contribution in [0.3, 0.4) is 0 Å². The molecular formula is C34H32O12. The van der Waals surface area contributed by atoms with Crippen molar-refractivity contribution in [1.29, 1.82) is 0 Å². The second-order valence-electron chi connectivity index (χ2n) is 11.8. The Bertz CT molecular complexity index is 1760. The first-order valence-electron chi connectivity index (χ1n) is 14.7. The lowest BCUT2D eigenvalue weighted by Crippen LogP contribution is -2.60. The SMILES string of the molecule is OC[C@H]1O[C@@H](Oc2cc3c4c(c2)C(O)C(c2ccc(O)cc2)c2c(O)cc(O)cc2C4C(c2ccc(O)cc2)O3)[C@H](O)[C@@H](O)[C@@H]1O. The summed E-state index contributed by atoms with van der Waals surface area (Å²) in [5.41, 5.74) is 2.87. The van der Waals surface area contributed by atoms with Gasteiger partial charge in [0.05, 0.1) is 18.6 Å². The van der Waals surface area contributed by atoms with Gasteiger partial charge in [0.25, 0.3) is 0 Å². The van der Waals surface area contributed by atoms with Crippen LogP contribution in [0.5, 0.6) is 34.5 Å². The van der Waals surface area contributed by atoms with Crippen molar-refractivity contribution in [2.24, 2.45) is 0 Å². The van der Waals surface area contributed by atoms with E-state index in [0.717, 1.165) is 0 Å². The number of aromatic hydroxyl groups is 4. The summed E-state index contributed by atoms with van der Waals surface area (Å²) in [6.07, 6.45) is -9.80. The number of phenolic OH excluding ortho intramolecular Hbond substituents is 4. The molecule has 1 aliphatic carbocycles. The number of rotatable bonds is 5. The van der Waals surface area contributed by atoms with Gasteiger partial charge < -0.3 is 60.2 Å². The summed E-state index contributed by atoms with van der Waals surface area (Å²) in [5.74, 6) is -1.69. The molecule has 2 heterocycles. The van der Waals surface area contributed by atoms with Crippen molar-refractivity contribution < 1.29 is 60.2 Å². The number of aliphatic hydroxyl groups excluding tert-OH is 5. The van der Waals surface area contributed by atoms with Crippen LogP contribution in [0.15, 0.2) is 72.8 Å². The molecule has 1 fully saturated rings. The highest BCUT2D eigenvalue weighted by Crippen LogP contribution is 2.60. The van der Waals surface area contributed by atoms with Gasteiger partial charge in [-0.1, -0.05) is 24.3 Å². The van der Waals surface area contributed by atoms with Crippen LogP contribution in [0.4, 0.5) is 0 Å². The molecule has 0 aromatic heterocycles. The van der Waals surface area contributed by atoms with Gasteiger partial charge >= 0.3 is 0 Å². The quantitative estimate of drug-likeness (QED) is 0.155. The zero-order valence-electron chi connectivity index (χ0n) is 24.1. The summed E-state index contributed by atoms with van der Waals surface area (Å²) in [6, 6.07) is 18.3. The first kappa shape index (κ1) is 30.1. The van der Waals surface area contributed by atoms with Crippen LogP contribution < -0.4 is 9.47 Å². The van der Waals surface area contributed by atoms with E-state index in [9.17, 15) is 46.0 Å². The smallest absolute Gasteiger partial charge is 0.229 e. The molecule has 1 saturated heterocycles. The molecule has 3 aliphatic rings. The Morgan fingerprint density at radius 1 is 0.630 bits per heavy atom. The first-order chi connectivity index (χ1) is 22.0. The first-order valence-corrected chi connectivity index (χ1v) is 14.7. The molecule has 12 nitrogen and oxygen atoms in total. The summed E-state index contributed by atoms with van der Waals surface area (Å²) < 4.78 is 18.0. The van der Waals surface area contributed by atoms with Crippen molar-refractivity contribution in [2.45, 2.75) is 54.7 Å². The molecule has 7 rings (SSSR count). The molecule has 9 N–H and O–H groups in total. The van der Waals surface area contributed by atoms with Crippen molar-refractivity contribution in [3.8, 4) is 34.5 Å². The van der Waals surface area contributed by atoms with Crippen molar-refractivity contribution in [2.75, 3.05) is 6.61 Å². The van der Waals surface area contributed by atoms with E-state index >= 15 is 0 Å². The van der Waals surface area contributed by atoms with Gasteiger partial charge in [-0.3, -0.25) is 0 Å². The molecule has 240 valence electrons. The maximum atomic E-state index is 12.2. The second kappa shape index (κ2) is 11.4. The lowest BCUT2D eigenvalue weighted by Gasteiger charge is -2.39. The summed E-state index contributed by atoms with van der Waals surface area (Å²) >= 11 is 0. The zero-order valence-corrected chi connectivity index (χ0v) is 24.1. The molecule has 4 aromatic rings. The van der Waals surface area contributed by atoms with Crippen molar-refractivity contribution in [3.63, 3.8) is 0 Å².